The molecule has 4 aliphatic rings. The summed E-state index contributed by atoms with van der Waals surface area (Å²) >= 11 is 0. The van der Waals surface area contributed by atoms with Crippen molar-refractivity contribution in [2.75, 3.05) is 25.6 Å². The molecule has 1 spiro atoms. The molecule has 5 amide bonds. The van der Waals surface area contributed by atoms with E-state index in [0.29, 0.717) is 28.9 Å². The fourth-order valence-electron chi connectivity index (χ4n) is 5.79. The van der Waals surface area contributed by atoms with Crippen LogP contribution >= 0.6 is 0 Å². The number of hydrogen-bond acceptors (Lipinski definition) is 6. The van der Waals surface area contributed by atoms with Crippen molar-refractivity contribution < 1.29 is 37.4 Å². The first-order chi connectivity index (χ1) is 18.7. The molecule has 2 aliphatic carbocycles. The fourth-order valence-corrected chi connectivity index (χ4v) is 5.79. The van der Waals surface area contributed by atoms with Crippen LogP contribution in [0.4, 0.5) is 24.1 Å². The summed E-state index contributed by atoms with van der Waals surface area (Å²) in [4.78, 5) is 54.3. The van der Waals surface area contributed by atoms with E-state index in [4.69, 9.17) is 4.74 Å². The monoisotopic (exact) mass is 540 g/mol. The highest BCUT2D eigenvalue weighted by atomic mass is 19.1. The maximum absolute atomic E-state index is 14.9. The molecule has 1 unspecified atom stereocenters. The lowest BCUT2D eigenvalue weighted by Gasteiger charge is -2.30. The summed E-state index contributed by atoms with van der Waals surface area (Å²) in [5.74, 6) is -1.71. The van der Waals surface area contributed by atoms with Crippen LogP contribution in [0.1, 0.15) is 36.0 Å². The molecule has 1 saturated carbocycles. The SMILES string of the molecule is COC(=O)Nc1cc2c(cc1F)C1(CC2)NC(=O)N(CC(=O)N2Cc3ccc(F)cc3OC[C@H]2C2CC2)C1=O. The Morgan fingerprint density at radius 1 is 1.18 bits per heavy atom. The summed E-state index contributed by atoms with van der Waals surface area (Å²) < 4.78 is 39.0. The number of fused-ring (bicyclic) bond motifs is 3. The number of nitrogens with one attached hydrogen (secondary N) is 2. The van der Waals surface area contributed by atoms with Crippen LogP contribution < -0.4 is 15.4 Å². The molecule has 0 bridgehead atoms. The quantitative estimate of drug-likeness (QED) is 0.576. The number of amides is 5. The Balaban J connectivity index is 1.24. The zero-order valence-corrected chi connectivity index (χ0v) is 21.1. The Hall–Kier alpha value is -4.22. The Kier molecular flexibility index (Phi) is 5.92. The standard InChI is InChI=1S/C27H26F2N4O6/c1-38-26(37)30-20-8-15-6-7-27(18(15)10-19(20)29)24(35)33(25(36)31-27)12-23(34)32-11-16-4-5-17(28)9-22(16)39-13-21(32)14-2-3-14/h4-5,8-10,14,21H,2-3,6-7,11-13H2,1H3,(H,30,37)(H,31,36)/t21-,27?/m0/s1. The van der Waals surface area contributed by atoms with Gasteiger partial charge in [0.25, 0.3) is 5.91 Å². The van der Waals surface area contributed by atoms with E-state index in [2.05, 4.69) is 15.4 Å². The number of imide groups is 1. The summed E-state index contributed by atoms with van der Waals surface area (Å²) in [6, 6.07) is 5.68. The molecular formula is C27H26F2N4O6. The van der Waals surface area contributed by atoms with Gasteiger partial charge in [0.05, 0.1) is 18.8 Å². The molecule has 2 heterocycles. The maximum Gasteiger partial charge on any atom is 0.411 e. The van der Waals surface area contributed by atoms with Crippen LogP contribution in [0, 0.1) is 17.6 Å². The van der Waals surface area contributed by atoms with Crippen LogP contribution in [0.3, 0.4) is 0 Å². The Bertz CT molecular complexity index is 1410. The predicted molar refractivity (Wildman–Crippen MR) is 132 cm³/mol. The molecule has 2 atom stereocenters. The highest BCUT2D eigenvalue weighted by Crippen LogP contribution is 2.44. The molecule has 204 valence electrons. The van der Waals surface area contributed by atoms with Gasteiger partial charge in [-0.25, -0.2) is 18.4 Å². The van der Waals surface area contributed by atoms with Gasteiger partial charge in [-0.2, -0.15) is 0 Å². The first-order valence-corrected chi connectivity index (χ1v) is 12.7. The van der Waals surface area contributed by atoms with E-state index < -0.39 is 47.7 Å². The summed E-state index contributed by atoms with van der Waals surface area (Å²) in [6.07, 6.45) is 1.53. The van der Waals surface area contributed by atoms with Crippen molar-refractivity contribution in [3.8, 4) is 5.75 Å². The second-order valence-corrected chi connectivity index (χ2v) is 10.3. The average molecular weight is 541 g/mol. The van der Waals surface area contributed by atoms with Crippen LogP contribution in [-0.4, -0.2) is 60.0 Å². The van der Waals surface area contributed by atoms with Gasteiger partial charge in [-0.3, -0.25) is 19.8 Å². The van der Waals surface area contributed by atoms with Crippen molar-refractivity contribution in [2.45, 2.75) is 43.8 Å². The third-order valence-electron chi connectivity index (χ3n) is 7.98. The van der Waals surface area contributed by atoms with E-state index in [9.17, 15) is 28.0 Å². The largest absolute Gasteiger partial charge is 0.491 e. The van der Waals surface area contributed by atoms with Crippen LogP contribution in [0.15, 0.2) is 30.3 Å². The summed E-state index contributed by atoms with van der Waals surface area (Å²) in [6.45, 7) is -0.147. The molecule has 2 aliphatic heterocycles. The lowest BCUT2D eigenvalue weighted by molar-refractivity contribution is -0.141. The molecule has 0 aromatic heterocycles. The second-order valence-electron chi connectivity index (χ2n) is 10.3. The molecule has 2 aromatic rings. The highest BCUT2D eigenvalue weighted by molar-refractivity contribution is 6.10. The van der Waals surface area contributed by atoms with Crippen molar-refractivity contribution in [1.82, 2.24) is 15.1 Å². The van der Waals surface area contributed by atoms with Gasteiger partial charge < -0.3 is 19.7 Å². The minimum absolute atomic E-state index is 0.101. The van der Waals surface area contributed by atoms with E-state index in [0.717, 1.165) is 30.9 Å². The normalized spacial score (nSPS) is 23.6. The summed E-state index contributed by atoms with van der Waals surface area (Å²) in [5, 5.41) is 4.99. The van der Waals surface area contributed by atoms with Crippen LogP contribution in [-0.2, 0) is 32.8 Å². The number of methoxy groups -OCH3 is 1. The topological polar surface area (TPSA) is 117 Å². The molecule has 0 radical (unpaired) electrons. The number of nitrogens with zero attached hydrogens (tertiary/aromatic N) is 2. The predicted octanol–water partition coefficient (Wildman–Crippen LogP) is 3.04. The van der Waals surface area contributed by atoms with Gasteiger partial charge in [0, 0.05) is 18.2 Å². The van der Waals surface area contributed by atoms with Crippen molar-refractivity contribution in [1.29, 1.82) is 0 Å². The summed E-state index contributed by atoms with van der Waals surface area (Å²) in [7, 11) is 1.16. The number of hydrogen-bond donors (Lipinski definition) is 2. The number of carbonyl (C=O) groups excluding carboxylic acids is 4. The van der Waals surface area contributed by atoms with Crippen molar-refractivity contribution in [2.24, 2.45) is 5.92 Å². The second kappa shape index (κ2) is 9.21. The zero-order chi connectivity index (χ0) is 27.5. The number of urea groups is 1. The zero-order valence-electron chi connectivity index (χ0n) is 21.1. The molecule has 1 saturated heterocycles. The smallest absolute Gasteiger partial charge is 0.411 e. The molecule has 2 N–H and O–H groups in total. The first kappa shape index (κ1) is 25.1. The van der Waals surface area contributed by atoms with E-state index >= 15 is 0 Å². The number of anilines is 1. The van der Waals surface area contributed by atoms with Gasteiger partial charge in [-0.15, -0.1) is 0 Å². The molecule has 39 heavy (non-hydrogen) atoms. The third kappa shape index (κ3) is 4.23. The number of benzene rings is 2. The van der Waals surface area contributed by atoms with Crippen molar-refractivity contribution in [3.05, 3.63) is 58.7 Å². The highest BCUT2D eigenvalue weighted by Gasteiger charge is 2.56. The minimum atomic E-state index is -1.50. The van der Waals surface area contributed by atoms with Crippen molar-refractivity contribution in [3.63, 3.8) is 0 Å². The maximum atomic E-state index is 14.9. The number of carbonyl (C=O) groups is 4. The fraction of sp³-hybridized carbons (Fsp3) is 0.407. The minimum Gasteiger partial charge on any atom is -0.491 e. The van der Waals surface area contributed by atoms with Gasteiger partial charge in [-0.1, -0.05) is 6.07 Å². The Morgan fingerprint density at radius 3 is 2.72 bits per heavy atom. The number of ether oxygens (including phenoxy) is 2. The van der Waals surface area contributed by atoms with Crippen LogP contribution in [0.5, 0.6) is 5.75 Å². The first-order valence-electron chi connectivity index (χ1n) is 12.7. The molecule has 12 heteroatoms. The van der Waals surface area contributed by atoms with Crippen molar-refractivity contribution >= 4 is 29.6 Å². The van der Waals surface area contributed by atoms with Gasteiger partial charge in [0.15, 0.2) is 0 Å². The van der Waals surface area contributed by atoms with E-state index in [1.165, 1.54) is 18.2 Å². The van der Waals surface area contributed by atoms with Gasteiger partial charge in [0.1, 0.15) is 36.1 Å². The number of rotatable bonds is 4. The lowest BCUT2D eigenvalue weighted by Crippen LogP contribution is -2.49. The Morgan fingerprint density at radius 2 is 1.97 bits per heavy atom. The van der Waals surface area contributed by atoms with Crippen LogP contribution in [0.2, 0.25) is 0 Å². The average Bonchev–Trinajstić information content (AvgIpc) is 3.68. The van der Waals surface area contributed by atoms with E-state index in [1.54, 1.807) is 11.0 Å². The molecule has 6 rings (SSSR count). The molecule has 2 aromatic carbocycles. The molecule has 2 fully saturated rings. The van der Waals surface area contributed by atoms with Gasteiger partial charge >= 0.3 is 12.1 Å². The number of aryl methyl sites for hydroxylation is 1. The van der Waals surface area contributed by atoms with E-state index in [-0.39, 0.29) is 37.2 Å². The third-order valence-corrected chi connectivity index (χ3v) is 7.98. The van der Waals surface area contributed by atoms with Gasteiger partial charge in [0.2, 0.25) is 5.91 Å². The van der Waals surface area contributed by atoms with E-state index in [1.807, 2.05) is 0 Å². The Labute approximate surface area is 222 Å². The summed E-state index contributed by atoms with van der Waals surface area (Å²) in [5.41, 5.74) is -0.0842. The molecule has 10 nitrogen and oxygen atoms in total. The lowest BCUT2D eigenvalue weighted by atomic mass is 9.91. The van der Waals surface area contributed by atoms with Gasteiger partial charge in [-0.05, 0) is 60.9 Å². The molecular weight excluding hydrogens is 514 g/mol. The van der Waals surface area contributed by atoms with Crippen LogP contribution in [0.25, 0.3) is 0 Å². The number of halogens is 2.